The van der Waals surface area contributed by atoms with Crippen LogP contribution in [0.15, 0.2) is 12.1 Å². The molecule has 1 saturated heterocycles. The standard InChI is InChI=1S/C13H19N3O2S2/c1-2-20(17,18)16-7-5-11(6-8-16)15-10-13-4-3-12(9-14)19-13/h3-4,11,15H,2,5-8,10H2,1H3. The largest absolute Gasteiger partial charge is 0.309 e. The van der Waals surface area contributed by atoms with E-state index in [1.165, 1.54) is 11.3 Å². The van der Waals surface area contributed by atoms with Crippen LogP contribution in [0.2, 0.25) is 0 Å². The molecule has 7 heteroatoms. The summed E-state index contributed by atoms with van der Waals surface area (Å²) >= 11 is 1.50. The summed E-state index contributed by atoms with van der Waals surface area (Å²) in [4.78, 5) is 1.87. The monoisotopic (exact) mass is 313 g/mol. The maximum Gasteiger partial charge on any atom is 0.213 e. The van der Waals surface area contributed by atoms with E-state index < -0.39 is 10.0 Å². The van der Waals surface area contributed by atoms with Gasteiger partial charge < -0.3 is 5.32 Å². The molecule has 0 aromatic carbocycles. The van der Waals surface area contributed by atoms with Gasteiger partial charge >= 0.3 is 0 Å². The molecule has 0 amide bonds. The summed E-state index contributed by atoms with van der Waals surface area (Å²) < 4.78 is 25.1. The Morgan fingerprint density at radius 1 is 1.45 bits per heavy atom. The summed E-state index contributed by atoms with van der Waals surface area (Å²) in [7, 11) is -3.04. The Balaban J connectivity index is 1.79. The molecule has 1 aromatic rings. The van der Waals surface area contributed by atoms with Crippen LogP contribution >= 0.6 is 11.3 Å². The fourth-order valence-corrected chi connectivity index (χ4v) is 4.19. The first-order chi connectivity index (χ1) is 9.55. The van der Waals surface area contributed by atoms with Gasteiger partial charge in [0.2, 0.25) is 10.0 Å². The third-order valence-corrected chi connectivity index (χ3v) is 6.42. The van der Waals surface area contributed by atoms with E-state index in [0.717, 1.165) is 29.1 Å². The first kappa shape index (κ1) is 15.4. The minimum absolute atomic E-state index is 0.178. The van der Waals surface area contributed by atoms with Gasteiger partial charge in [0, 0.05) is 30.6 Å². The minimum atomic E-state index is -3.04. The van der Waals surface area contributed by atoms with Gasteiger partial charge in [-0.15, -0.1) is 11.3 Å². The van der Waals surface area contributed by atoms with Crippen molar-refractivity contribution in [2.75, 3.05) is 18.8 Å². The van der Waals surface area contributed by atoms with Gasteiger partial charge in [-0.25, -0.2) is 12.7 Å². The van der Waals surface area contributed by atoms with Crippen LogP contribution in [0.4, 0.5) is 0 Å². The van der Waals surface area contributed by atoms with E-state index in [4.69, 9.17) is 5.26 Å². The molecule has 0 radical (unpaired) electrons. The number of piperidine rings is 1. The van der Waals surface area contributed by atoms with Gasteiger partial charge in [0.1, 0.15) is 10.9 Å². The lowest BCUT2D eigenvalue weighted by molar-refractivity contribution is 0.289. The van der Waals surface area contributed by atoms with Crippen molar-refractivity contribution in [3.05, 3.63) is 21.9 Å². The molecule has 1 fully saturated rings. The maximum absolute atomic E-state index is 11.8. The zero-order chi connectivity index (χ0) is 14.6. The molecule has 5 nitrogen and oxygen atoms in total. The van der Waals surface area contributed by atoms with Crippen LogP contribution in [0.1, 0.15) is 29.5 Å². The average Bonchev–Trinajstić information content (AvgIpc) is 2.93. The molecule has 1 aliphatic rings. The van der Waals surface area contributed by atoms with E-state index in [1.807, 2.05) is 12.1 Å². The van der Waals surface area contributed by atoms with Crippen molar-refractivity contribution < 1.29 is 8.42 Å². The topological polar surface area (TPSA) is 73.2 Å². The van der Waals surface area contributed by atoms with Crippen molar-refractivity contribution in [1.82, 2.24) is 9.62 Å². The van der Waals surface area contributed by atoms with E-state index in [1.54, 1.807) is 11.2 Å². The average molecular weight is 313 g/mol. The number of nitrogens with one attached hydrogen (secondary N) is 1. The van der Waals surface area contributed by atoms with Gasteiger partial charge in [-0.2, -0.15) is 5.26 Å². The van der Waals surface area contributed by atoms with E-state index in [-0.39, 0.29) is 5.75 Å². The zero-order valence-corrected chi connectivity index (χ0v) is 13.1. The Morgan fingerprint density at radius 2 is 2.15 bits per heavy atom. The molecule has 2 heterocycles. The molecule has 1 aromatic heterocycles. The Kier molecular flexibility index (Phi) is 5.16. The Labute approximate surface area is 124 Å². The molecule has 0 atom stereocenters. The zero-order valence-electron chi connectivity index (χ0n) is 11.5. The molecule has 0 aliphatic carbocycles. The normalized spacial score (nSPS) is 18.0. The highest BCUT2D eigenvalue weighted by Crippen LogP contribution is 2.18. The van der Waals surface area contributed by atoms with Crippen LogP contribution in [0.25, 0.3) is 0 Å². The van der Waals surface area contributed by atoms with Gasteiger partial charge in [-0.1, -0.05) is 0 Å². The van der Waals surface area contributed by atoms with Crippen molar-refractivity contribution in [1.29, 1.82) is 5.26 Å². The van der Waals surface area contributed by atoms with Gasteiger partial charge in [-0.3, -0.25) is 0 Å². The lowest BCUT2D eigenvalue weighted by Gasteiger charge is -2.31. The van der Waals surface area contributed by atoms with Crippen molar-refractivity contribution in [2.45, 2.75) is 32.4 Å². The summed E-state index contributed by atoms with van der Waals surface area (Å²) in [6.45, 7) is 3.63. The Morgan fingerprint density at radius 3 is 2.70 bits per heavy atom. The molecule has 0 unspecified atom stereocenters. The fourth-order valence-electron chi connectivity index (χ4n) is 2.30. The number of sulfonamides is 1. The smallest absolute Gasteiger partial charge is 0.213 e. The second-order valence-corrected chi connectivity index (χ2v) is 8.26. The Bertz CT molecular complexity index is 581. The second-order valence-electron chi connectivity index (χ2n) is 4.83. The molecule has 110 valence electrons. The van der Waals surface area contributed by atoms with Crippen molar-refractivity contribution in [3.8, 4) is 6.07 Å². The summed E-state index contributed by atoms with van der Waals surface area (Å²) in [6.07, 6.45) is 1.69. The molecule has 0 bridgehead atoms. The Hall–Kier alpha value is -0.940. The van der Waals surface area contributed by atoms with Crippen LogP contribution in [0.3, 0.4) is 0 Å². The molecular formula is C13H19N3O2S2. The van der Waals surface area contributed by atoms with Gasteiger partial charge in [0.15, 0.2) is 0 Å². The summed E-state index contributed by atoms with van der Waals surface area (Å²) in [5.41, 5.74) is 0. The lowest BCUT2D eigenvalue weighted by Crippen LogP contribution is -2.45. The third-order valence-electron chi connectivity index (χ3n) is 3.55. The van der Waals surface area contributed by atoms with E-state index in [2.05, 4.69) is 11.4 Å². The van der Waals surface area contributed by atoms with E-state index >= 15 is 0 Å². The molecule has 0 saturated carbocycles. The van der Waals surface area contributed by atoms with E-state index in [9.17, 15) is 8.42 Å². The minimum Gasteiger partial charge on any atom is -0.309 e. The number of nitrogens with zero attached hydrogens (tertiary/aromatic N) is 2. The number of thiophene rings is 1. The van der Waals surface area contributed by atoms with Crippen molar-refractivity contribution in [2.24, 2.45) is 0 Å². The van der Waals surface area contributed by atoms with Gasteiger partial charge in [0.25, 0.3) is 0 Å². The molecular weight excluding hydrogens is 294 g/mol. The first-order valence-corrected chi connectivity index (χ1v) is 9.17. The van der Waals surface area contributed by atoms with Crippen LogP contribution in [-0.2, 0) is 16.6 Å². The predicted molar refractivity (Wildman–Crippen MR) is 79.9 cm³/mol. The summed E-state index contributed by atoms with van der Waals surface area (Å²) in [6, 6.07) is 6.28. The fraction of sp³-hybridized carbons (Fsp3) is 0.615. The number of nitriles is 1. The first-order valence-electron chi connectivity index (χ1n) is 6.75. The molecule has 1 aliphatic heterocycles. The predicted octanol–water partition coefficient (Wildman–Crippen LogP) is 1.52. The number of hydrogen-bond donors (Lipinski definition) is 1. The highest BCUT2D eigenvalue weighted by Gasteiger charge is 2.26. The molecule has 0 spiro atoms. The lowest BCUT2D eigenvalue weighted by atomic mass is 10.1. The highest BCUT2D eigenvalue weighted by molar-refractivity contribution is 7.89. The highest BCUT2D eigenvalue weighted by atomic mass is 32.2. The van der Waals surface area contributed by atoms with Crippen molar-refractivity contribution in [3.63, 3.8) is 0 Å². The number of rotatable bonds is 5. The van der Waals surface area contributed by atoms with Gasteiger partial charge in [0.05, 0.1) is 5.75 Å². The van der Waals surface area contributed by atoms with Crippen LogP contribution in [0, 0.1) is 11.3 Å². The summed E-state index contributed by atoms with van der Waals surface area (Å²) in [5.74, 6) is 0.178. The third kappa shape index (κ3) is 3.79. The number of hydrogen-bond acceptors (Lipinski definition) is 5. The van der Waals surface area contributed by atoms with Crippen LogP contribution in [0.5, 0.6) is 0 Å². The molecule has 2 rings (SSSR count). The van der Waals surface area contributed by atoms with Crippen LogP contribution < -0.4 is 5.32 Å². The maximum atomic E-state index is 11.8. The van der Waals surface area contributed by atoms with Crippen molar-refractivity contribution >= 4 is 21.4 Å². The molecule has 20 heavy (non-hydrogen) atoms. The molecule has 1 N–H and O–H groups in total. The van der Waals surface area contributed by atoms with Gasteiger partial charge in [-0.05, 0) is 31.9 Å². The van der Waals surface area contributed by atoms with E-state index in [0.29, 0.717) is 19.1 Å². The van der Waals surface area contributed by atoms with Crippen LogP contribution in [-0.4, -0.2) is 37.6 Å². The second kappa shape index (κ2) is 6.68. The summed E-state index contributed by atoms with van der Waals surface area (Å²) in [5, 5.41) is 12.2. The quantitative estimate of drug-likeness (QED) is 0.894. The SMILES string of the molecule is CCS(=O)(=O)N1CCC(NCc2ccc(C#N)s2)CC1.